The molecule has 0 rings (SSSR count). The van der Waals surface area contributed by atoms with Gasteiger partial charge in [-0.25, -0.2) is 4.57 Å². The molecule has 0 aromatic heterocycles. The Morgan fingerprint density at radius 3 is 1.05 bits per heavy atom. The molecule has 0 spiro atoms. The third-order valence-corrected chi connectivity index (χ3v) is 17.2. The number of amides is 1. The molecule has 0 aliphatic rings. The van der Waals surface area contributed by atoms with E-state index in [1.165, 1.54) is 276 Å². The molecule has 0 saturated heterocycles. The van der Waals surface area contributed by atoms with Crippen LogP contribution in [0.25, 0.3) is 0 Å². The summed E-state index contributed by atoms with van der Waals surface area (Å²) in [5, 5.41) is 14.0. The van der Waals surface area contributed by atoms with Crippen molar-refractivity contribution in [2.75, 3.05) is 40.9 Å². The van der Waals surface area contributed by atoms with Gasteiger partial charge in [0.05, 0.1) is 39.9 Å². The van der Waals surface area contributed by atoms with Gasteiger partial charge in [-0.2, -0.15) is 0 Å². The first kappa shape index (κ1) is 80.2. The standard InChI is InChI=1S/C73H139N2O6P/c1-6-8-10-12-14-16-18-20-22-24-26-28-30-31-32-33-34-35-36-37-38-39-40-41-42-43-45-47-49-51-53-55-57-59-61-63-65-67-73(77)74-71(70-81-82(78,79)80-69-68-75(3,4)5)72(76)66-64-62-60-58-56-54-52-50-48-46-44-29-27-25-23-21-19-17-15-13-11-9-7-2/h18,20,24,26,48,50,56,58,64,66,71-72,76H,6-17,19,21-23,25,27-47,49,51-55,57,59-63,65,67-70H2,1-5H3,(H-,74,77,78,79)/p+1/b20-18-,26-24-,50-48+,58-56+,66-64+. The predicted molar refractivity (Wildman–Crippen MR) is 360 cm³/mol. The number of hydrogen-bond donors (Lipinski definition) is 3. The molecule has 0 saturated carbocycles. The van der Waals surface area contributed by atoms with Crippen LogP contribution < -0.4 is 5.32 Å². The molecule has 0 bridgehead atoms. The van der Waals surface area contributed by atoms with E-state index in [4.69, 9.17) is 9.05 Å². The van der Waals surface area contributed by atoms with Crippen LogP contribution in [0.15, 0.2) is 60.8 Å². The largest absolute Gasteiger partial charge is 0.472 e. The minimum atomic E-state index is -4.37. The molecular weight excluding hydrogens is 1030 g/mol. The van der Waals surface area contributed by atoms with Crippen molar-refractivity contribution in [3.05, 3.63) is 60.8 Å². The number of likely N-dealkylation sites (N-methyl/N-ethyl adjacent to an activating group) is 1. The Morgan fingerprint density at radius 1 is 0.415 bits per heavy atom. The first-order chi connectivity index (χ1) is 40.0. The third-order valence-electron chi connectivity index (χ3n) is 16.2. The summed E-state index contributed by atoms with van der Waals surface area (Å²) >= 11 is 0. The number of hydrogen-bond acceptors (Lipinski definition) is 5. The van der Waals surface area contributed by atoms with Crippen LogP contribution in [-0.2, 0) is 18.4 Å². The lowest BCUT2D eigenvalue weighted by molar-refractivity contribution is -0.870. The molecule has 0 fully saturated rings. The van der Waals surface area contributed by atoms with E-state index in [2.05, 4.69) is 67.8 Å². The summed E-state index contributed by atoms with van der Waals surface area (Å²) in [6.45, 7) is 4.82. The van der Waals surface area contributed by atoms with E-state index in [-0.39, 0.29) is 19.1 Å². The maximum atomic E-state index is 13.0. The molecule has 0 radical (unpaired) electrons. The summed E-state index contributed by atoms with van der Waals surface area (Å²) in [6.07, 6.45) is 88.2. The molecule has 9 heteroatoms. The number of unbranched alkanes of at least 4 members (excludes halogenated alkanes) is 45. The summed E-state index contributed by atoms with van der Waals surface area (Å²) in [7, 11) is 1.56. The fraction of sp³-hybridized carbons (Fsp3) is 0.849. The van der Waals surface area contributed by atoms with E-state index in [0.29, 0.717) is 17.4 Å². The summed E-state index contributed by atoms with van der Waals surface area (Å²) in [6, 6.07) is -0.871. The van der Waals surface area contributed by atoms with Crippen molar-refractivity contribution in [1.82, 2.24) is 5.32 Å². The van der Waals surface area contributed by atoms with E-state index in [1.54, 1.807) is 6.08 Å². The lowest BCUT2D eigenvalue weighted by atomic mass is 10.0. The Morgan fingerprint density at radius 2 is 0.707 bits per heavy atom. The molecule has 0 aliphatic heterocycles. The molecule has 0 aromatic carbocycles. The van der Waals surface area contributed by atoms with Gasteiger partial charge in [-0.3, -0.25) is 13.8 Å². The number of quaternary nitrogens is 1. The third kappa shape index (κ3) is 65.7. The molecule has 0 aliphatic carbocycles. The number of nitrogens with zero attached hydrogens (tertiary/aromatic N) is 1. The molecule has 3 atom stereocenters. The number of phosphoric ester groups is 1. The fourth-order valence-electron chi connectivity index (χ4n) is 10.6. The van der Waals surface area contributed by atoms with Gasteiger partial charge in [0.15, 0.2) is 0 Å². The van der Waals surface area contributed by atoms with Crippen LogP contribution in [0, 0.1) is 0 Å². The molecule has 1 amide bonds. The van der Waals surface area contributed by atoms with Gasteiger partial charge in [-0.15, -0.1) is 0 Å². The second-order valence-corrected chi connectivity index (χ2v) is 27.0. The van der Waals surface area contributed by atoms with Gasteiger partial charge in [0.25, 0.3) is 0 Å². The van der Waals surface area contributed by atoms with Crippen molar-refractivity contribution in [3.63, 3.8) is 0 Å². The van der Waals surface area contributed by atoms with E-state index >= 15 is 0 Å². The van der Waals surface area contributed by atoms with Crippen molar-refractivity contribution >= 4 is 13.7 Å². The number of aliphatic hydroxyl groups is 1. The Kier molecular flexibility index (Phi) is 62.3. The highest BCUT2D eigenvalue weighted by molar-refractivity contribution is 7.47. The van der Waals surface area contributed by atoms with Gasteiger partial charge < -0.3 is 19.8 Å². The molecule has 8 nitrogen and oxygen atoms in total. The highest BCUT2D eigenvalue weighted by Crippen LogP contribution is 2.43. The van der Waals surface area contributed by atoms with E-state index in [1.807, 2.05) is 27.2 Å². The van der Waals surface area contributed by atoms with E-state index < -0.39 is 20.0 Å². The Hall–Kier alpha value is -1.80. The van der Waals surface area contributed by atoms with Crippen LogP contribution in [0.1, 0.15) is 348 Å². The fourth-order valence-corrected chi connectivity index (χ4v) is 11.4. The quantitative estimate of drug-likeness (QED) is 0.0243. The number of nitrogens with one attached hydrogen (secondary N) is 1. The molecular formula is C73H140N2O6P+. The summed E-state index contributed by atoms with van der Waals surface area (Å²) in [5.41, 5.74) is 0. The van der Waals surface area contributed by atoms with Crippen LogP contribution in [0.5, 0.6) is 0 Å². The normalized spacial score (nSPS) is 14.0. The van der Waals surface area contributed by atoms with Crippen LogP contribution in [-0.4, -0.2) is 73.4 Å². The molecule has 3 unspecified atom stereocenters. The number of aliphatic hydroxyl groups excluding tert-OH is 1. The maximum absolute atomic E-state index is 13.0. The average Bonchev–Trinajstić information content (AvgIpc) is 3.47. The second kappa shape index (κ2) is 63.7. The minimum Gasteiger partial charge on any atom is -0.387 e. The molecule has 0 heterocycles. The van der Waals surface area contributed by atoms with Crippen LogP contribution in [0.3, 0.4) is 0 Å². The molecule has 482 valence electrons. The van der Waals surface area contributed by atoms with Gasteiger partial charge in [-0.1, -0.05) is 325 Å². The number of carbonyl (C=O) groups is 1. The lowest BCUT2D eigenvalue weighted by Gasteiger charge is -2.25. The van der Waals surface area contributed by atoms with Crippen molar-refractivity contribution in [2.45, 2.75) is 360 Å². The number of rotatable bonds is 66. The Labute approximate surface area is 511 Å². The van der Waals surface area contributed by atoms with E-state index in [0.717, 1.165) is 51.4 Å². The SMILES string of the molecule is CCCCCCC/C=C\C/C=C\CCCCCCCCCCCCCCCCCCCCCCCCCCCC(=O)NC(COP(=O)(O)OCC[N+](C)(C)C)C(O)/C=C/CC/C=C/CC/C=C/CCCCCCCCCCCCCCC. The second-order valence-electron chi connectivity index (χ2n) is 25.6. The van der Waals surface area contributed by atoms with Crippen LogP contribution >= 0.6 is 7.82 Å². The Balaban J connectivity index is 4.02. The zero-order chi connectivity index (χ0) is 59.8. The van der Waals surface area contributed by atoms with Crippen molar-refractivity contribution in [2.24, 2.45) is 0 Å². The van der Waals surface area contributed by atoms with Gasteiger partial charge in [0.1, 0.15) is 13.2 Å². The van der Waals surface area contributed by atoms with Gasteiger partial charge in [0, 0.05) is 6.42 Å². The number of allylic oxidation sites excluding steroid dienone is 9. The highest BCUT2D eigenvalue weighted by atomic mass is 31.2. The topological polar surface area (TPSA) is 105 Å². The molecule has 82 heavy (non-hydrogen) atoms. The molecule has 3 N–H and O–H groups in total. The summed E-state index contributed by atoms with van der Waals surface area (Å²) < 4.78 is 23.8. The highest BCUT2D eigenvalue weighted by Gasteiger charge is 2.28. The van der Waals surface area contributed by atoms with Gasteiger partial charge in [0.2, 0.25) is 5.91 Å². The first-order valence-electron chi connectivity index (χ1n) is 35.7. The summed E-state index contributed by atoms with van der Waals surface area (Å²) in [4.78, 5) is 23.4. The van der Waals surface area contributed by atoms with Crippen molar-refractivity contribution < 1.29 is 32.9 Å². The maximum Gasteiger partial charge on any atom is 0.472 e. The van der Waals surface area contributed by atoms with Crippen molar-refractivity contribution in [3.8, 4) is 0 Å². The minimum absolute atomic E-state index is 0.0540. The van der Waals surface area contributed by atoms with Gasteiger partial charge >= 0.3 is 7.82 Å². The van der Waals surface area contributed by atoms with E-state index in [9.17, 15) is 19.4 Å². The molecule has 0 aromatic rings. The van der Waals surface area contributed by atoms with Gasteiger partial charge in [-0.05, 0) is 77.0 Å². The number of phosphoric acid groups is 1. The predicted octanol–water partition coefficient (Wildman–Crippen LogP) is 22.8. The lowest BCUT2D eigenvalue weighted by Crippen LogP contribution is -2.45. The Bertz CT molecular complexity index is 1520. The number of carbonyl (C=O) groups excluding carboxylic acids is 1. The van der Waals surface area contributed by atoms with Crippen molar-refractivity contribution in [1.29, 1.82) is 0 Å². The smallest absolute Gasteiger partial charge is 0.387 e. The zero-order valence-corrected chi connectivity index (χ0v) is 56.1. The summed E-state index contributed by atoms with van der Waals surface area (Å²) in [5.74, 6) is -0.185. The average molecular weight is 1170 g/mol. The monoisotopic (exact) mass is 1170 g/mol. The zero-order valence-electron chi connectivity index (χ0n) is 55.2. The van der Waals surface area contributed by atoms with Crippen LogP contribution in [0.2, 0.25) is 0 Å². The van der Waals surface area contributed by atoms with Crippen LogP contribution in [0.4, 0.5) is 0 Å². The first-order valence-corrected chi connectivity index (χ1v) is 37.2.